The summed E-state index contributed by atoms with van der Waals surface area (Å²) in [6, 6.07) is 15.1. The first-order chi connectivity index (χ1) is 11.9. The van der Waals surface area contributed by atoms with E-state index in [0.29, 0.717) is 6.04 Å². The van der Waals surface area contributed by atoms with E-state index in [1.54, 1.807) is 7.11 Å². The van der Waals surface area contributed by atoms with E-state index in [1.165, 1.54) is 24.8 Å². The first kappa shape index (κ1) is 19.7. The van der Waals surface area contributed by atoms with Gasteiger partial charge in [-0.1, -0.05) is 24.3 Å². The number of halogens is 1. The number of pyridine rings is 1. The lowest BCUT2D eigenvalue weighted by atomic mass is 10.0. The number of nitrogens with zero attached hydrogens (tertiary/aromatic N) is 2. The molecule has 4 nitrogen and oxygen atoms in total. The van der Waals surface area contributed by atoms with Crippen molar-refractivity contribution in [2.45, 2.75) is 38.4 Å². The number of hydrogen-bond acceptors (Lipinski definition) is 4. The van der Waals surface area contributed by atoms with Gasteiger partial charge in [-0.3, -0.25) is 9.88 Å². The Morgan fingerprint density at radius 1 is 1.08 bits per heavy atom. The Kier molecular flexibility index (Phi) is 8.19. The largest absolute Gasteiger partial charge is 0.496 e. The number of nitrogens with one attached hydrogen (secondary N) is 1. The molecule has 0 amide bonds. The van der Waals surface area contributed by atoms with E-state index >= 15 is 0 Å². The van der Waals surface area contributed by atoms with Gasteiger partial charge in [0.2, 0.25) is 0 Å². The molecule has 1 unspecified atom stereocenters. The van der Waals surface area contributed by atoms with Gasteiger partial charge in [0, 0.05) is 30.9 Å². The lowest BCUT2D eigenvalue weighted by Crippen LogP contribution is -2.35. The molecule has 5 heteroatoms. The molecule has 2 heterocycles. The molecule has 1 saturated heterocycles. The highest BCUT2D eigenvalue weighted by molar-refractivity contribution is 5.85. The van der Waals surface area contributed by atoms with E-state index < -0.39 is 0 Å². The molecule has 0 radical (unpaired) electrons. The van der Waals surface area contributed by atoms with Crippen LogP contribution in [0.2, 0.25) is 0 Å². The van der Waals surface area contributed by atoms with E-state index in [2.05, 4.69) is 39.5 Å². The minimum absolute atomic E-state index is 0. The zero-order chi connectivity index (χ0) is 16.6. The lowest BCUT2D eigenvalue weighted by molar-refractivity contribution is 0.160. The first-order valence-electron chi connectivity index (χ1n) is 8.83. The highest BCUT2D eigenvalue weighted by Crippen LogP contribution is 2.24. The minimum Gasteiger partial charge on any atom is -0.496 e. The Morgan fingerprint density at radius 3 is 2.72 bits per heavy atom. The molecule has 0 spiro atoms. The summed E-state index contributed by atoms with van der Waals surface area (Å²) in [6.07, 6.45) is 5.53. The maximum Gasteiger partial charge on any atom is 0.123 e. The van der Waals surface area contributed by atoms with Gasteiger partial charge in [-0.2, -0.15) is 0 Å². The van der Waals surface area contributed by atoms with Crippen LogP contribution in [0.5, 0.6) is 5.75 Å². The van der Waals surface area contributed by atoms with Gasteiger partial charge in [-0.05, 0) is 50.6 Å². The third-order valence-corrected chi connectivity index (χ3v) is 4.72. The Balaban J connectivity index is 0.00000225. The maximum absolute atomic E-state index is 5.55. The summed E-state index contributed by atoms with van der Waals surface area (Å²) in [5.74, 6) is 0.968. The van der Waals surface area contributed by atoms with E-state index in [9.17, 15) is 0 Å². The molecular formula is C20H28ClN3O. The molecule has 0 saturated carbocycles. The van der Waals surface area contributed by atoms with Crippen LogP contribution in [-0.2, 0) is 13.1 Å². The molecule has 1 N–H and O–H groups in total. The molecule has 1 aliphatic heterocycles. The molecule has 136 valence electrons. The molecule has 2 aromatic rings. The third kappa shape index (κ3) is 5.70. The van der Waals surface area contributed by atoms with Gasteiger partial charge < -0.3 is 10.1 Å². The second-order valence-corrected chi connectivity index (χ2v) is 6.37. The van der Waals surface area contributed by atoms with Gasteiger partial charge >= 0.3 is 0 Å². The average Bonchev–Trinajstić information content (AvgIpc) is 2.92. The minimum atomic E-state index is 0. The van der Waals surface area contributed by atoms with Crippen molar-refractivity contribution in [2.24, 2.45) is 0 Å². The van der Waals surface area contributed by atoms with Gasteiger partial charge in [0.25, 0.3) is 0 Å². The molecule has 1 aliphatic rings. The molecule has 0 bridgehead atoms. The highest BCUT2D eigenvalue weighted by Gasteiger charge is 2.21. The molecule has 0 aliphatic carbocycles. The van der Waals surface area contributed by atoms with Crippen LogP contribution in [0.25, 0.3) is 0 Å². The first-order valence-corrected chi connectivity index (χ1v) is 8.83. The Labute approximate surface area is 157 Å². The fourth-order valence-electron chi connectivity index (χ4n) is 3.43. The number of ether oxygens (including phenoxy) is 1. The summed E-state index contributed by atoms with van der Waals surface area (Å²) in [5.41, 5.74) is 2.37. The van der Waals surface area contributed by atoms with Crippen LogP contribution in [0.1, 0.15) is 30.5 Å². The fourth-order valence-corrected chi connectivity index (χ4v) is 3.43. The summed E-state index contributed by atoms with van der Waals surface area (Å²) in [4.78, 5) is 7.10. The van der Waals surface area contributed by atoms with E-state index in [0.717, 1.165) is 37.6 Å². The number of methoxy groups -OCH3 is 1. The van der Waals surface area contributed by atoms with Crippen molar-refractivity contribution >= 4 is 12.4 Å². The van der Waals surface area contributed by atoms with Crippen LogP contribution < -0.4 is 10.1 Å². The maximum atomic E-state index is 5.55. The fraction of sp³-hybridized carbons (Fsp3) is 0.450. The molecular weight excluding hydrogens is 334 g/mol. The van der Waals surface area contributed by atoms with E-state index in [1.807, 2.05) is 24.4 Å². The third-order valence-electron chi connectivity index (χ3n) is 4.72. The number of benzene rings is 1. The average molecular weight is 362 g/mol. The summed E-state index contributed by atoms with van der Waals surface area (Å²) in [6.45, 7) is 3.99. The second kappa shape index (κ2) is 10.4. The molecule has 3 rings (SSSR count). The smallest absolute Gasteiger partial charge is 0.123 e. The molecule has 1 fully saturated rings. The predicted molar refractivity (Wildman–Crippen MR) is 104 cm³/mol. The Hall–Kier alpha value is -1.62. The summed E-state index contributed by atoms with van der Waals surface area (Å²) in [7, 11) is 1.75. The highest BCUT2D eigenvalue weighted by atomic mass is 35.5. The Morgan fingerprint density at radius 2 is 1.92 bits per heavy atom. The quantitative estimate of drug-likeness (QED) is 0.852. The van der Waals surface area contributed by atoms with Gasteiger partial charge in [0.05, 0.1) is 12.8 Å². The van der Waals surface area contributed by atoms with Crippen LogP contribution in [-0.4, -0.2) is 36.1 Å². The zero-order valence-corrected chi connectivity index (χ0v) is 15.7. The predicted octanol–water partition coefficient (Wildman–Crippen LogP) is 3.66. The number of para-hydroxylation sites is 1. The zero-order valence-electron chi connectivity index (χ0n) is 14.9. The molecule has 1 aromatic heterocycles. The number of aromatic nitrogens is 1. The van der Waals surface area contributed by atoms with Gasteiger partial charge in [-0.15, -0.1) is 12.4 Å². The van der Waals surface area contributed by atoms with Crippen molar-refractivity contribution in [1.82, 2.24) is 15.2 Å². The van der Waals surface area contributed by atoms with Crippen LogP contribution in [0.3, 0.4) is 0 Å². The van der Waals surface area contributed by atoms with Crippen molar-refractivity contribution in [3.05, 3.63) is 59.9 Å². The lowest BCUT2D eigenvalue weighted by Gasteiger charge is -2.31. The monoisotopic (exact) mass is 361 g/mol. The van der Waals surface area contributed by atoms with Crippen LogP contribution in [0.15, 0.2) is 48.7 Å². The topological polar surface area (TPSA) is 37.4 Å². The summed E-state index contributed by atoms with van der Waals surface area (Å²) < 4.78 is 5.55. The number of hydrogen-bond donors (Lipinski definition) is 1. The van der Waals surface area contributed by atoms with E-state index in [4.69, 9.17) is 4.74 Å². The SMILES string of the molecule is COc1ccccc1CN(Cc1ccccn1)C1CCCNCC1.Cl. The normalized spacial score (nSPS) is 17.6. The van der Waals surface area contributed by atoms with Crippen molar-refractivity contribution in [3.8, 4) is 5.75 Å². The standard InChI is InChI=1S/C20H27N3O.ClH/c1-24-20-10-3-2-7-17(20)15-23(16-18-8-4-5-13-22-18)19-9-6-12-21-14-11-19;/h2-5,7-8,10,13,19,21H,6,9,11-12,14-16H2,1H3;1H. The second-order valence-electron chi connectivity index (χ2n) is 6.37. The van der Waals surface area contributed by atoms with Gasteiger partial charge in [0.1, 0.15) is 5.75 Å². The summed E-state index contributed by atoms with van der Waals surface area (Å²) >= 11 is 0. The van der Waals surface area contributed by atoms with Gasteiger partial charge in [-0.25, -0.2) is 0 Å². The van der Waals surface area contributed by atoms with Crippen LogP contribution in [0, 0.1) is 0 Å². The Bertz CT molecular complexity index is 615. The van der Waals surface area contributed by atoms with Crippen LogP contribution >= 0.6 is 12.4 Å². The molecule has 25 heavy (non-hydrogen) atoms. The van der Waals surface area contributed by atoms with Crippen molar-refractivity contribution in [1.29, 1.82) is 0 Å². The molecule has 1 aromatic carbocycles. The number of rotatable bonds is 6. The molecule has 1 atom stereocenters. The van der Waals surface area contributed by atoms with Crippen molar-refractivity contribution in [2.75, 3.05) is 20.2 Å². The van der Waals surface area contributed by atoms with Gasteiger partial charge in [0.15, 0.2) is 0 Å². The van der Waals surface area contributed by atoms with E-state index in [-0.39, 0.29) is 12.4 Å². The summed E-state index contributed by atoms with van der Waals surface area (Å²) in [5, 5.41) is 3.52. The van der Waals surface area contributed by atoms with Crippen molar-refractivity contribution in [3.63, 3.8) is 0 Å². The van der Waals surface area contributed by atoms with Crippen LogP contribution in [0.4, 0.5) is 0 Å². The van der Waals surface area contributed by atoms with Crippen molar-refractivity contribution < 1.29 is 4.74 Å².